The number of benzene rings is 2. The van der Waals surface area contributed by atoms with E-state index in [1.807, 2.05) is 0 Å². The molecule has 0 heterocycles. The average Bonchev–Trinajstić information content (AvgIpc) is 2.80. The maximum absolute atomic E-state index is 13.1. The molecule has 2 unspecified atom stereocenters. The van der Waals surface area contributed by atoms with Crippen molar-refractivity contribution in [3.63, 3.8) is 0 Å². The fourth-order valence-corrected chi connectivity index (χ4v) is 4.07. The number of aromatic hydroxyl groups is 1. The van der Waals surface area contributed by atoms with E-state index in [0.717, 1.165) is 4.90 Å². The molecule has 0 aliphatic rings. The van der Waals surface area contributed by atoms with Crippen LogP contribution in [0.3, 0.4) is 0 Å². The first-order valence-electron chi connectivity index (χ1n) is 10.8. The van der Waals surface area contributed by atoms with Gasteiger partial charge in [-0.05, 0) is 54.3 Å². The Kier molecular flexibility index (Phi) is 9.20. The van der Waals surface area contributed by atoms with Crippen molar-refractivity contribution < 1.29 is 32.6 Å². The lowest BCUT2D eigenvalue weighted by atomic mass is 9.98. The van der Waals surface area contributed by atoms with Crippen LogP contribution in [-0.4, -0.2) is 49.9 Å². The molecule has 0 saturated heterocycles. The van der Waals surface area contributed by atoms with E-state index >= 15 is 0 Å². The molecule has 190 valence electrons. The highest BCUT2D eigenvalue weighted by Crippen LogP contribution is 2.26. The number of nitrogens with one attached hydrogen (secondary N) is 1. The Morgan fingerprint density at radius 3 is 2.29 bits per heavy atom. The summed E-state index contributed by atoms with van der Waals surface area (Å²) in [6, 6.07) is 8.70. The largest absolute Gasteiger partial charge is 0.508 e. The van der Waals surface area contributed by atoms with Crippen LogP contribution >= 0.6 is 0 Å². The van der Waals surface area contributed by atoms with Gasteiger partial charge in [0.25, 0.3) is 0 Å². The molecule has 4 amide bonds. The predicted molar refractivity (Wildman–Crippen MR) is 128 cm³/mol. The normalized spacial score (nSPS) is 12.9. The van der Waals surface area contributed by atoms with E-state index < -0.39 is 46.4 Å². The molecule has 0 spiro atoms. The van der Waals surface area contributed by atoms with Gasteiger partial charge in [-0.15, -0.1) is 0 Å². The summed E-state index contributed by atoms with van der Waals surface area (Å²) in [7, 11) is -2.42. The molecule has 0 aromatic heterocycles. The first-order chi connectivity index (χ1) is 16.4. The Morgan fingerprint density at radius 1 is 1.14 bits per heavy atom. The van der Waals surface area contributed by atoms with E-state index in [9.17, 15) is 27.9 Å². The molecule has 0 fully saturated rings. The number of phenols is 1. The molecule has 35 heavy (non-hydrogen) atoms. The highest BCUT2D eigenvalue weighted by Gasteiger charge is 2.30. The summed E-state index contributed by atoms with van der Waals surface area (Å²) in [4.78, 5) is 38.5. The number of phenolic OH excluding ortho intramolecular Hbond substituents is 1. The number of urea groups is 1. The van der Waals surface area contributed by atoms with Crippen LogP contribution in [0.15, 0.2) is 47.4 Å². The number of carbonyl (C=O) groups is 3. The molecular formula is C23H30N4O7S. The number of carbonyl (C=O) groups excluding carboxylic acids is 3. The van der Waals surface area contributed by atoms with Crippen LogP contribution in [0.4, 0.5) is 4.79 Å². The number of methoxy groups -OCH3 is 1. The van der Waals surface area contributed by atoms with Crippen LogP contribution < -0.4 is 20.9 Å². The Balaban J connectivity index is 2.23. The minimum atomic E-state index is -3.87. The van der Waals surface area contributed by atoms with Gasteiger partial charge in [0.1, 0.15) is 18.0 Å². The molecule has 2 atom stereocenters. The number of hydrogen-bond acceptors (Lipinski definition) is 7. The monoisotopic (exact) mass is 506 g/mol. The second-order valence-corrected chi connectivity index (χ2v) is 9.58. The van der Waals surface area contributed by atoms with Gasteiger partial charge in [0, 0.05) is 5.92 Å². The van der Waals surface area contributed by atoms with Gasteiger partial charge in [0.15, 0.2) is 0 Å². The standard InChI is InChI=1S/C23H30N4O7S/c1-4-19(15-5-8-18(9-6-15)35(25,32)33)26-23(31)27(13-21(24)29)22(30)14(2)11-16-12-17(28)7-10-20(16)34-3/h5-10,12,14,19,28H,4,11,13H2,1-3H3,(H2,24,29)(H,26,31)(H2,25,32,33). The average molecular weight is 507 g/mol. The minimum Gasteiger partial charge on any atom is -0.508 e. The number of ether oxygens (including phenoxy) is 1. The lowest BCUT2D eigenvalue weighted by molar-refractivity contribution is -0.135. The van der Waals surface area contributed by atoms with Crippen LogP contribution in [0, 0.1) is 5.92 Å². The SMILES string of the molecule is CCC(NC(=O)N(CC(N)=O)C(=O)C(C)Cc1cc(O)ccc1OC)c1ccc(S(N)(=O)=O)cc1. The molecule has 2 aromatic rings. The smallest absolute Gasteiger partial charge is 0.325 e. The first-order valence-corrected chi connectivity index (χ1v) is 12.3. The molecule has 0 saturated carbocycles. The summed E-state index contributed by atoms with van der Waals surface area (Å²) >= 11 is 0. The number of nitrogens with two attached hydrogens (primary N) is 2. The van der Waals surface area contributed by atoms with Crippen molar-refractivity contribution in [2.75, 3.05) is 13.7 Å². The minimum absolute atomic E-state index is 0.00794. The van der Waals surface area contributed by atoms with Crippen molar-refractivity contribution in [2.24, 2.45) is 16.8 Å². The van der Waals surface area contributed by atoms with Crippen molar-refractivity contribution in [3.05, 3.63) is 53.6 Å². The second-order valence-electron chi connectivity index (χ2n) is 8.02. The van der Waals surface area contributed by atoms with Gasteiger partial charge >= 0.3 is 6.03 Å². The zero-order valence-corrected chi connectivity index (χ0v) is 20.5. The number of primary amides is 1. The summed E-state index contributed by atoms with van der Waals surface area (Å²) < 4.78 is 28.2. The van der Waals surface area contributed by atoms with Gasteiger partial charge in [-0.1, -0.05) is 26.0 Å². The van der Waals surface area contributed by atoms with Crippen molar-refractivity contribution in [3.8, 4) is 11.5 Å². The zero-order chi connectivity index (χ0) is 26.3. The third-order valence-corrected chi connectivity index (χ3v) is 6.28. The Bertz CT molecular complexity index is 1180. The Labute approximate surface area is 204 Å². The highest BCUT2D eigenvalue weighted by molar-refractivity contribution is 7.89. The van der Waals surface area contributed by atoms with Crippen LogP contribution in [0.1, 0.15) is 37.4 Å². The lowest BCUT2D eigenvalue weighted by Gasteiger charge is -2.26. The van der Waals surface area contributed by atoms with Crippen molar-refractivity contribution in [2.45, 2.75) is 37.6 Å². The van der Waals surface area contributed by atoms with Gasteiger partial charge in [-0.3, -0.25) is 14.5 Å². The molecule has 0 aliphatic heterocycles. The van der Waals surface area contributed by atoms with E-state index in [1.54, 1.807) is 19.9 Å². The second kappa shape index (κ2) is 11.7. The molecular weight excluding hydrogens is 476 g/mol. The number of amides is 4. The molecule has 0 bridgehead atoms. The van der Waals surface area contributed by atoms with Crippen LogP contribution in [0.25, 0.3) is 0 Å². The first kappa shape index (κ1) is 27.6. The van der Waals surface area contributed by atoms with Crippen LogP contribution in [0.5, 0.6) is 11.5 Å². The summed E-state index contributed by atoms with van der Waals surface area (Å²) in [6.45, 7) is 2.74. The fraction of sp³-hybridized carbons (Fsp3) is 0.348. The number of sulfonamides is 1. The number of hydrogen-bond donors (Lipinski definition) is 4. The Hall–Kier alpha value is -3.64. The molecule has 2 aromatic carbocycles. The summed E-state index contributed by atoms with van der Waals surface area (Å²) in [6.07, 6.45) is 0.542. The van der Waals surface area contributed by atoms with E-state index in [4.69, 9.17) is 15.6 Å². The van der Waals surface area contributed by atoms with Gasteiger partial charge in [-0.25, -0.2) is 18.4 Å². The number of imide groups is 1. The number of primary sulfonamides is 1. The van der Waals surface area contributed by atoms with Crippen LogP contribution in [-0.2, 0) is 26.0 Å². The molecule has 11 nitrogen and oxygen atoms in total. The highest BCUT2D eigenvalue weighted by atomic mass is 32.2. The molecule has 0 radical (unpaired) electrons. The lowest BCUT2D eigenvalue weighted by Crippen LogP contribution is -2.50. The maximum Gasteiger partial charge on any atom is 0.325 e. The van der Waals surface area contributed by atoms with Gasteiger partial charge in [0.2, 0.25) is 21.8 Å². The van der Waals surface area contributed by atoms with Gasteiger partial charge < -0.3 is 20.9 Å². The van der Waals surface area contributed by atoms with E-state index in [2.05, 4.69) is 5.32 Å². The van der Waals surface area contributed by atoms with Crippen molar-refractivity contribution in [1.82, 2.24) is 10.2 Å². The third kappa shape index (κ3) is 7.42. The maximum atomic E-state index is 13.1. The van der Waals surface area contributed by atoms with Gasteiger partial charge in [-0.2, -0.15) is 0 Å². The summed E-state index contributed by atoms with van der Waals surface area (Å²) in [5.41, 5.74) is 6.42. The number of nitrogens with zero attached hydrogens (tertiary/aromatic N) is 1. The fourth-order valence-electron chi connectivity index (χ4n) is 3.55. The molecule has 0 aliphatic carbocycles. The third-order valence-electron chi connectivity index (χ3n) is 5.35. The molecule has 12 heteroatoms. The quantitative estimate of drug-likeness (QED) is 0.375. The van der Waals surface area contributed by atoms with Crippen molar-refractivity contribution in [1.29, 1.82) is 0 Å². The summed E-state index contributed by atoms with van der Waals surface area (Å²) in [5, 5.41) is 17.6. The molecule has 2 rings (SSSR count). The van der Waals surface area contributed by atoms with Gasteiger partial charge in [0.05, 0.1) is 18.0 Å². The van der Waals surface area contributed by atoms with E-state index in [0.29, 0.717) is 23.3 Å². The summed E-state index contributed by atoms with van der Waals surface area (Å²) in [5.74, 6) is -1.83. The zero-order valence-electron chi connectivity index (χ0n) is 19.7. The van der Waals surface area contributed by atoms with E-state index in [1.165, 1.54) is 43.5 Å². The molecule has 6 N–H and O–H groups in total. The van der Waals surface area contributed by atoms with Crippen LogP contribution in [0.2, 0.25) is 0 Å². The van der Waals surface area contributed by atoms with Crippen molar-refractivity contribution >= 4 is 27.9 Å². The van der Waals surface area contributed by atoms with E-state index in [-0.39, 0.29) is 17.1 Å². The topological polar surface area (TPSA) is 182 Å². The predicted octanol–water partition coefficient (Wildman–Crippen LogP) is 1.40. The Morgan fingerprint density at radius 2 is 1.77 bits per heavy atom. The number of rotatable bonds is 10.